The Bertz CT molecular complexity index is 978. The Hall–Kier alpha value is -4.02. The molecule has 2 aromatic rings. The predicted molar refractivity (Wildman–Crippen MR) is 136 cm³/mol. The van der Waals surface area contributed by atoms with Crippen LogP contribution in [0.15, 0.2) is 85.5 Å². The van der Waals surface area contributed by atoms with Crippen molar-refractivity contribution in [3.63, 3.8) is 0 Å². The van der Waals surface area contributed by atoms with Gasteiger partial charge in [-0.3, -0.25) is 4.79 Å². The third kappa shape index (κ3) is 12.7. The molecule has 2 atom stereocenters. The lowest BCUT2D eigenvalue weighted by atomic mass is 10.2. The van der Waals surface area contributed by atoms with Crippen LogP contribution in [0.5, 0.6) is 0 Å². The Labute approximate surface area is 201 Å². The number of carbonyl (C=O) groups excluding carboxylic acids is 2. The molecule has 1 saturated carbocycles. The van der Waals surface area contributed by atoms with E-state index < -0.39 is 5.97 Å². The first-order chi connectivity index (χ1) is 16.5. The fourth-order valence-corrected chi connectivity index (χ4v) is 2.72. The standard InChI is InChI=1S/C14H16O2.C10H10.C4H6N2O2/c1-2-16-14(15)13-10-12(13)9-8-11-6-4-3-5-7-11;1-2-3-7-10-8-5-4-6-9-10;1-2-8-4(7)3-6-5/h3-9,12-13H,2,10H2,1H3;2-9H,1H2;3H,2H2,1H3/b9-8+;7-3+;. The number of nitrogens with zero attached hydrogens (tertiary/aromatic N) is 2. The molecule has 34 heavy (non-hydrogen) atoms. The minimum absolute atomic E-state index is 0.0507. The van der Waals surface area contributed by atoms with Crippen LogP contribution >= 0.6 is 0 Å². The topological polar surface area (TPSA) is 89.0 Å². The summed E-state index contributed by atoms with van der Waals surface area (Å²) in [6.45, 7) is 7.87. The average molecular weight is 461 g/mol. The zero-order valence-electron chi connectivity index (χ0n) is 19.7. The van der Waals surface area contributed by atoms with Crippen molar-refractivity contribution in [1.29, 1.82) is 0 Å². The maximum atomic E-state index is 11.4. The van der Waals surface area contributed by atoms with E-state index in [1.54, 1.807) is 13.0 Å². The number of benzene rings is 2. The molecule has 0 heterocycles. The van der Waals surface area contributed by atoms with E-state index in [1.165, 1.54) is 11.1 Å². The summed E-state index contributed by atoms with van der Waals surface area (Å²) in [5, 5.41) is 0. The minimum Gasteiger partial charge on any atom is -0.466 e. The molecule has 0 saturated heterocycles. The van der Waals surface area contributed by atoms with Crippen molar-refractivity contribution >= 4 is 30.3 Å². The largest absolute Gasteiger partial charge is 0.466 e. The van der Waals surface area contributed by atoms with Crippen molar-refractivity contribution in [3.05, 3.63) is 102 Å². The van der Waals surface area contributed by atoms with E-state index in [0.717, 1.165) is 6.42 Å². The molecule has 0 radical (unpaired) electrons. The zero-order chi connectivity index (χ0) is 25.0. The van der Waals surface area contributed by atoms with Crippen molar-refractivity contribution in [2.45, 2.75) is 20.3 Å². The van der Waals surface area contributed by atoms with Crippen LogP contribution in [0, 0.1) is 11.8 Å². The van der Waals surface area contributed by atoms with Gasteiger partial charge in [0.25, 0.3) is 0 Å². The zero-order valence-corrected chi connectivity index (χ0v) is 19.7. The Morgan fingerprint density at radius 1 is 0.971 bits per heavy atom. The molecule has 3 rings (SSSR count). The summed E-state index contributed by atoms with van der Waals surface area (Å²) in [7, 11) is 0. The van der Waals surface area contributed by atoms with E-state index in [0.29, 0.717) is 25.3 Å². The summed E-state index contributed by atoms with van der Waals surface area (Å²) >= 11 is 0. The summed E-state index contributed by atoms with van der Waals surface area (Å²) in [6.07, 6.45) is 11.5. The summed E-state index contributed by atoms with van der Waals surface area (Å²) in [5.41, 5.74) is 10.1. The molecule has 0 N–H and O–H groups in total. The van der Waals surface area contributed by atoms with E-state index in [2.05, 4.69) is 52.5 Å². The van der Waals surface area contributed by atoms with Gasteiger partial charge in [-0.1, -0.05) is 97.6 Å². The quantitative estimate of drug-likeness (QED) is 0.168. The molecule has 6 nitrogen and oxygen atoms in total. The van der Waals surface area contributed by atoms with Crippen LogP contribution in [0.4, 0.5) is 0 Å². The van der Waals surface area contributed by atoms with E-state index in [4.69, 9.17) is 10.3 Å². The van der Waals surface area contributed by atoms with Crippen LogP contribution in [0.3, 0.4) is 0 Å². The normalized spacial score (nSPS) is 15.6. The van der Waals surface area contributed by atoms with Crippen molar-refractivity contribution in [2.24, 2.45) is 11.8 Å². The molecular weight excluding hydrogens is 428 g/mol. The number of hydrogen-bond acceptors (Lipinski definition) is 4. The van der Waals surface area contributed by atoms with E-state index >= 15 is 0 Å². The Kier molecular flexibility index (Phi) is 14.4. The third-order valence-electron chi connectivity index (χ3n) is 4.44. The smallest absolute Gasteiger partial charge is 0.413 e. The molecule has 0 aliphatic heterocycles. The van der Waals surface area contributed by atoms with Crippen molar-refractivity contribution in [1.82, 2.24) is 0 Å². The van der Waals surface area contributed by atoms with Crippen molar-refractivity contribution in [3.8, 4) is 0 Å². The van der Waals surface area contributed by atoms with Crippen LogP contribution in [0.25, 0.3) is 17.7 Å². The Morgan fingerprint density at radius 2 is 1.53 bits per heavy atom. The van der Waals surface area contributed by atoms with Gasteiger partial charge in [0.05, 0.1) is 19.1 Å². The molecule has 1 fully saturated rings. The van der Waals surface area contributed by atoms with Crippen molar-refractivity contribution < 1.29 is 23.9 Å². The van der Waals surface area contributed by atoms with E-state index in [1.807, 2.05) is 55.5 Å². The number of ether oxygens (including phenoxy) is 2. The van der Waals surface area contributed by atoms with Gasteiger partial charge in [-0.2, -0.15) is 4.79 Å². The number of hydrogen-bond donors (Lipinski definition) is 0. The molecule has 1 aliphatic rings. The highest BCUT2D eigenvalue weighted by Gasteiger charge is 2.42. The number of allylic oxidation sites excluding steroid dienone is 3. The maximum absolute atomic E-state index is 11.4. The Morgan fingerprint density at radius 3 is 2.03 bits per heavy atom. The maximum Gasteiger partial charge on any atom is 0.413 e. The number of esters is 2. The monoisotopic (exact) mass is 460 g/mol. The molecular formula is C28H32N2O4. The molecule has 178 valence electrons. The average Bonchev–Trinajstić information content (AvgIpc) is 3.64. The van der Waals surface area contributed by atoms with Gasteiger partial charge in [0, 0.05) is 0 Å². The lowest BCUT2D eigenvalue weighted by molar-refractivity contribution is -0.144. The van der Waals surface area contributed by atoms with Gasteiger partial charge in [-0.25, -0.2) is 4.79 Å². The second-order valence-electron chi connectivity index (χ2n) is 7.03. The molecule has 0 bridgehead atoms. The van der Waals surface area contributed by atoms with Gasteiger partial charge < -0.3 is 15.0 Å². The van der Waals surface area contributed by atoms with Crippen LogP contribution in [0.2, 0.25) is 0 Å². The highest BCUT2D eigenvalue weighted by Crippen LogP contribution is 2.40. The third-order valence-corrected chi connectivity index (χ3v) is 4.44. The molecule has 2 unspecified atom stereocenters. The summed E-state index contributed by atoms with van der Waals surface area (Å²) in [6, 6.07) is 20.3. The van der Waals surface area contributed by atoms with Gasteiger partial charge in [0.15, 0.2) is 0 Å². The summed E-state index contributed by atoms with van der Waals surface area (Å²) in [4.78, 5) is 23.9. The lowest BCUT2D eigenvalue weighted by Gasteiger charge is -1.97. The fourth-order valence-electron chi connectivity index (χ4n) is 2.72. The molecule has 2 aromatic carbocycles. The summed E-state index contributed by atoms with van der Waals surface area (Å²) < 4.78 is 9.31. The molecule has 0 amide bonds. The second kappa shape index (κ2) is 17.5. The molecule has 1 aliphatic carbocycles. The van der Waals surface area contributed by atoms with Crippen LogP contribution in [0.1, 0.15) is 31.4 Å². The van der Waals surface area contributed by atoms with Gasteiger partial charge >= 0.3 is 18.2 Å². The van der Waals surface area contributed by atoms with Gasteiger partial charge in [-0.05, 0) is 37.3 Å². The van der Waals surface area contributed by atoms with Gasteiger partial charge in [0.1, 0.15) is 0 Å². The first kappa shape index (κ1) is 28.0. The van der Waals surface area contributed by atoms with Gasteiger partial charge in [-0.15, -0.1) is 0 Å². The summed E-state index contributed by atoms with van der Waals surface area (Å²) in [5.74, 6) is -0.209. The first-order valence-corrected chi connectivity index (χ1v) is 11.1. The second-order valence-corrected chi connectivity index (χ2v) is 7.03. The van der Waals surface area contributed by atoms with E-state index in [9.17, 15) is 9.59 Å². The predicted octanol–water partition coefficient (Wildman–Crippen LogP) is 5.63. The minimum atomic E-state index is -0.630. The van der Waals surface area contributed by atoms with Crippen molar-refractivity contribution in [2.75, 3.05) is 13.2 Å². The molecule has 6 heteroatoms. The van der Waals surface area contributed by atoms with Gasteiger partial charge in [0.2, 0.25) is 0 Å². The highest BCUT2D eigenvalue weighted by atomic mass is 16.5. The van der Waals surface area contributed by atoms with Crippen LogP contribution in [-0.4, -0.2) is 36.2 Å². The fraction of sp³-hybridized carbons (Fsp3) is 0.250. The first-order valence-electron chi connectivity index (χ1n) is 11.1. The Balaban J connectivity index is 0.000000277. The van der Waals surface area contributed by atoms with E-state index in [-0.39, 0.29) is 11.9 Å². The highest BCUT2D eigenvalue weighted by molar-refractivity contribution is 6.20. The number of carbonyl (C=O) groups is 2. The van der Waals surface area contributed by atoms with Crippen LogP contribution in [-0.2, 0) is 19.1 Å². The lowest BCUT2D eigenvalue weighted by Crippen LogP contribution is -2.06. The number of rotatable bonds is 8. The molecule has 0 aromatic heterocycles. The SMILES string of the molecule is C=C/C=C/c1ccccc1.CCOC(=O)C1CC1/C=C/c1ccccc1.CCOC(=O)C=[N+]=[N-]. The van der Waals surface area contributed by atoms with Crippen LogP contribution < -0.4 is 0 Å². The molecule has 0 spiro atoms.